The fourth-order valence-corrected chi connectivity index (χ4v) is 12.4. The van der Waals surface area contributed by atoms with Gasteiger partial charge in [0.1, 0.15) is 28.3 Å². The number of carbonyl (C=O) groups is 3. The fraction of sp³-hybridized carbons (Fsp3) is 0.500. The number of aromatic nitrogens is 2. The van der Waals surface area contributed by atoms with Crippen molar-refractivity contribution in [2.75, 3.05) is 93.0 Å². The molecule has 10 rings (SSSR count). The molecule has 6 heterocycles. The number of piperazine rings is 1. The summed E-state index contributed by atoms with van der Waals surface area (Å²) in [7, 11) is 2.02. The minimum absolute atomic E-state index is 0. The predicted octanol–water partition coefficient (Wildman–Crippen LogP) is 6.20. The third kappa shape index (κ3) is 11.7. The summed E-state index contributed by atoms with van der Waals surface area (Å²) in [6.45, 7) is 11.7. The van der Waals surface area contributed by atoms with Crippen molar-refractivity contribution in [2.24, 2.45) is 16.1 Å². The zero-order chi connectivity index (χ0) is 50.7. The summed E-state index contributed by atoms with van der Waals surface area (Å²) in [5.41, 5.74) is 20.6. The van der Waals surface area contributed by atoms with Gasteiger partial charge in [-0.05, 0) is 120 Å². The topological polar surface area (TPSA) is 222 Å². The quantitative estimate of drug-likeness (QED) is 0.0570. The molecular formula is C52H67BrN13O5SW-. The zero-order valence-corrected chi connectivity index (χ0v) is 47.5. The summed E-state index contributed by atoms with van der Waals surface area (Å²) in [5.74, 6) is 0.469. The summed E-state index contributed by atoms with van der Waals surface area (Å²) in [4.78, 5) is 62.3. The van der Waals surface area contributed by atoms with E-state index in [1.165, 1.54) is 94.1 Å². The van der Waals surface area contributed by atoms with Gasteiger partial charge >= 0.3 is 0 Å². The van der Waals surface area contributed by atoms with Gasteiger partial charge in [-0.3, -0.25) is 39.5 Å². The van der Waals surface area contributed by atoms with Crippen molar-refractivity contribution < 1.29 is 44.4 Å². The Balaban J connectivity index is 0.000000260. The maximum atomic E-state index is 13.1. The number of carbonyl (C=O) groups excluding carboxylic acids is 3. The smallest absolute Gasteiger partial charge is 0.255 e. The van der Waals surface area contributed by atoms with Crippen LogP contribution in [0.4, 0.5) is 28.4 Å². The van der Waals surface area contributed by atoms with E-state index in [9.17, 15) is 18.6 Å². The number of benzene rings is 3. The number of imide groups is 1. The Morgan fingerprint density at radius 3 is 2.27 bits per heavy atom. The first kappa shape index (κ1) is 54.1. The molecule has 390 valence electrons. The van der Waals surface area contributed by atoms with E-state index in [-0.39, 0.29) is 45.2 Å². The Hall–Kier alpha value is -5.14. The van der Waals surface area contributed by atoms with Crippen LogP contribution >= 0.6 is 15.9 Å². The Morgan fingerprint density at radius 1 is 0.959 bits per heavy atom. The van der Waals surface area contributed by atoms with Crippen molar-refractivity contribution in [3.63, 3.8) is 0 Å². The number of fused-ring (bicyclic) bond motifs is 2. The van der Waals surface area contributed by atoms with Crippen LogP contribution in [0.2, 0.25) is 0 Å². The van der Waals surface area contributed by atoms with Crippen LogP contribution in [-0.4, -0.2) is 143 Å². The number of rotatable bonds is 11. The van der Waals surface area contributed by atoms with Gasteiger partial charge in [-0.2, -0.15) is 0 Å². The first-order valence-corrected chi connectivity index (χ1v) is 27.5. The predicted molar refractivity (Wildman–Crippen MR) is 289 cm³/mol. The van der Waals surface area contributed by atoms with Crippen LogP contribution in [0.3, 0.4) is 0 Å². The number of amidine groups is 1. The molecule has 21 heteroatoms. The number of aryl methyl sites for hydroxylation is 1. The van der Waals surface area contributed by atoms with E-state index in [0.29, 0.717) is 68.8 Å². The number of hydrogen-bond acceptors (Lipinski definition) is 14. The first-order valence-electron chi connectivity index (χ1n) is 25.1. The van der Waals surface area contributed by atoms with E-state index < -0.39 is 17.0 Å². The van der Waals surface area contributed by atoms with Crippen molar-refractivity contribution in [3.8, 4) is 5.75 Å². The third-order valence-electron chi connectivity index (χ3n) is 15.6. The zero-order valence-electron chi connectivity index (χ0n) is 42.1. The molecule has 6 aliphatic rings. The van der Waals surface area contributed by atoms with E-state index in [1.807, 2.05) is 6.07 Å². The van der Waals surface area contributed by atoms with Crippen molar-refractivity contribution in [2.45, 2.75) is 89.4 Å². The molecule has 5 aliphatic heterocycles. The standard InChI is InChI=1S/C39H53N7O4.C13H14BrN6OS.W/c1-3-26-21-32(40)35(50-2)22-34(26)44-14-10-29(11-15-44)43-18-16-42(17-19-43)28-8-12-39(13-9-28)24-45(25-39)30-4-5-31-27(20-30)23-46(38(31)49)33-6-7-36(47)41-37(33)48;1-16-13(8(14)7-15)19-10-4-3-9-11(18-6-5-17-9)12(10)20-22(2)21;/h4-5,20-22,28-29,33H,3,6-19,23-25,40H2,1-2H3,(H,41,47,48);3-7,20H,15H2,1-2H3;/q;-1;/b;8-7+;. The number of methoxy groups -OCH3 is 1. The van der Waals surface area contributed by atoms with E-state index in [4.69, 9.17) is 16.2 Å². The van der Waals surface area contributed by atoms with E-state index in [0.717, 1.165) is 49.6 Å². The average Bonchev–Trinajstić information content (AvgIpc) is 3.71. The number of nitrogens with one attached hydrogen (secondary N) is 2. The van der Waals surface area contributed by atoms with Gasteiger partial charge in [0.05, 0.1) is 24.0 Å². The first-order chi connectivity index (χ1) is 34.8. The Labute approximate surface area is 453 Å². The maximum Gasteiger partial charge on any atom is 0.255 e. The molecule has 3 aromatic carbocycles. The summed E-state index contributed by atoms with van der Waals surface area (Å²) in [6.07, 6.45) is 15.3. The van der Waals surface area contributed by atoms with Crippen molar-refractivity contribution >= 4 is 89.9 Å². The van der Waals surface area contributed by atoms with Crippen LogP contribution in [0.15, 0.2) is 70.5 Å². The molecule has 1 aliphatic carbocycles. The van der Waals surface area contributed by atoms with Gasteiger partial charge in [0, 0.05) is 156 Å². The Kier molecular flexibility index (Phi) is 17.5. The molecule has 1 aromatic heterocycles. The molecule has 6 N–H and O–H groups in total. The van der Waals surface area contributed by atoms with Crippen LogP contribution in [0.5, 0.6) is 5.75 Å². The number of anilines is 4. The van der Waals surface area contributed by atoms with Gasteiger partial charge < -0.3 is 45.9 Å². The number of likely N-dealkylation sites (N-methyl/N-ethyl adjacent to an activating group) is 1. The number of hydrogen-bond donors (Lipinski definition) is 4. The molecule has 3 amide bonds. The summed E-state index contributed by atoms with van der Waals surface area (Å²) < 4.78 is 20.5. The number of nitrogens with zero attached hydrogens (tertiary/aromatic N) is 9. The van der Waals surface area contributed by atoms with Gasteiger partial charge in [-0.1, -0.05) is 20.0 Å². The molecule has 18 nitrogen and oxygen atoms in total. The SMILES string of the molecule is CCc1cc(N)c(OC)cc1N1CCC(N2CCN(C3CCC4(CC3)CN(c3ccc5c(c3)CN(C3CCC(=O)NC3=O)C5=O)C4)CC2)CC1.C[N-]C(=Nc1ccc2nccnc2c1NS(C)=O)/C(Br)=C\N.[W]. The molecule has 5 fully saturated rings. The second kappa shape index (κ2) is 23.6. The molecule has 0 bridgehead atoms. The van der Waals surface area contributed by atoms with Gasteiger partial charge in [0.15, 0.2) is 0 Å². The number of nitrogen functional groups attached to an aromatic ring is 1. The molecule has 1 spiro atoms. The fourth-order valence-electron chi connectivity index (χ4n) is 11.7. The third-order valence-corrected chi connectivity index (χ3v) is 16.7. The van der Waals surface area contributed by atoms with Crippen molar-refractivity contribution in [3.05, 3.63) is 87.5 Å². The molecule has 2 unspecified atom stereocenters. The van der Waals surface area contributed by atoms with E-state index >= 15 is 0 Å². The number of aliphatic imine (C=N–C) groups is 1. The Morgan fingerprint density at radius 2 is 1.64 bits per heavy atom. The maximum absolute atomic E-state index is 13.1. The molecule has 4 aromatic rings. The van der Waals surface area contributed by atoms with E-state index in [2.05, 4.69) is 97.0 Å². The molecule has 0 radical (unpaired) electrons. The second-order valence-electron chi connectivity index (χ2n) is 19.8. The largest absolute Gasteiger partial charge is 0.495 e. The monoisotopic (exact) mass is 1250 g/mol. The van der Waals surface area contributed by atoms with Crippen LogP contribution in [-0.2, 0) is 54.6 Å². The molecular weight excluding hydrogens is 1180 g/mol. The normalized spacial score (nSPS) is 21.5. The molecule has 73 heavy (non-hydrogen) atoms. The van der Waals surface area contributed by atoms with Crippen LogP contribution in [0.25, 0.3) is 16.4 Å². The summed E-state index contributed by atoms with van der Waals surface area (Å²) in [5, 5.41) is 6.46. The molecule has 1 saturated carbocycles. The van der Waals surface area contributed by atoms with Crippen LogP contribution < -0.4 is 36.0 Å². The number of halogens is 1. The molecule has 2 atom stereocenters. The minimum Gasteiger partial charge on any atom is -0.495 e. The van der Waals surface area contributed by atoms with Gasteiger partial charge in [-0.15, -0.1) is 0 Å². The van der Waals surface area contributed by atoms with Crippen molar-refractivity contribution in [1.82, 2.24) is 30.0 Å². The minimum atomic E-state index is -1.28. The second-order valence-corrected chi connectivity index (χ2v) is 21.8. The van der Waals surface area contributed by atoms with Crippen LogP contribution in [0.1, 0.15) is 79.8 Å². The number of amides is 3. The summed E-state index contributed by atoms with van der Waals surface area (Å²) in [6, 6.07) is 14.7. The number of nitrogens with two attached hydrogens (primary N) is 2. The van der Waals surface area contributed by atoms with Gasteiger partial charge in [0.25, 0.3) is 5.91 Å². The number of ether oxygens (including phenoxy) is 1. The van der Waals surface area contributed by atoms with Gasteiger partial charge in [0.2, 0.25) is 11.8 Å². The van der Waals surface area contributed by atoms with Crippen molar-refractivity contribution in [1.29, 1.82) is 0 Å². The Bertz CT molecular complexity index is 2770. The molecule has 4 saturated heterocycles. The number of piperidine rings is 2. The van der Waals surface area contributed by atoms with Crippen LogP contribution in [0, 0.1) is 5.41 Å². The van der Waals surface area contributed by atoms with Gasteiger partial charge in [-0.25, -0.2) is 4.21 Å². The average molecular weight is 1250 g/mol. The summed E-state index contributed by atoms with van der Waals surface area (Å²) >= 11 is 3.29. The van der Waals surface area contributed by atoms with E-state index in [1.54, 1.807) is 43.6 Å².